The summed E-state index contributed by atoms with van der Waals surface area (Å²) in [6, 6.07) is 7.75. The number of rotatable bonds is 3. The Kier molecular flexibility index (Phi) is 6.72. The molecule has 0 radical (unpaired) electrons. The minimum Gasteiger partial charge on any atom is -0.323 e. The molecular formula is C32H28F4N8O2. The van der Waals surface area contributed by atoms with Crippen molar-refractivity contribution in [3.05, 3.63) is 94.4 Å². The van der Waals surface area contributed by atoms with E-state index >= 15 is 4.39 Å². The van der Waals surface area contributed by atoms with Crippen molar-refractivity contribution in [2.24, 2.45) is 18.9 Å². The maximum Gasteiger partial charge on any atom is 0.419 e. The molecule has 0 saturated heterocycles. The van der Waals surface area contributed by atoms with Gasteiger partial charge < -0.3 is 5.32 Å². The highest BCUT2D eigenvalue weighted by Gasteiger charge is 2.58. The molecule has 1 amide bonds. The van der Waals surface area contributed by atoms with Crippen molar-refractivity contribution in [3.8, 4) is 28.2 Å². The van der Waals surface area contributed by atoms with E-state index in [1.165, 1.54) is 36.0 Å². The molecule has 14 heteroatoms. The van der Waals surface area contributed by atoms with Crippen LogP contribution < -0.4 is 10.9 Å². The molecule has 0 spiro atoms. The SMILES string of the molecule is Cc1ccc(-n2cc(C(F)(F)F)cn2)c(-c2cc(=O)n(C34CC3CC[C@@H](C)C(=O)Nc3cnn(C)c3-c3ccnc4c3)cn2)c1F. The Hall–Kier alpha value is -5.14. The van der Waals surface area contributed by atoms with Crippen LogP contribution in [-0.4, -0.2) is 40.0 Å². The lowest BCUT2D eigenvalue weighted by Gasteiger charge is -2.23. The predicted molar refractivity (Wildman–Crippen MR) is 159 cm³/mol. The predicted octanol–water partition coefficient (Wildman–Crippen LogP) is 5.49. The Bertz CT molecular complexity index is 2080. The Morgan fingerprint density at radius 1 is 1.04 bits per heavy atom. The molecule has 1 aliphatic carbocycles. The smallest absolute Gasteiger partial charge is 0.323 e. The number of benzene rings is 1. The lowest BCUT2D eigenvalue weighted by Crippen LogP contribution is -2.34. The van der Waals surface area contributed by atoms with Crippen molar-refractivity contribution in [2.75, 3.05) is 5.32 Å². The summed E-state index contributed by atoms with van der Waals surface area (Å²) >= 11 is 0. The minimum atomic E-state index is -4.64. The number of pyridine rings is 1. The van der Waals surface area contributed by atoms with Crippen molar-refractivity contribution >= 4 is 11.6 Å². The highest BCUT2D eigenvalue weighted by molar-refractivity contribution is 5.95. The van der Waals surface area contributed by atoms with Gasteiger partial charge in [-0.3, -0.25) is 23.8 Å². The molecular weight excluding hydrogens is 604 g/mol. The van der Waals surface area contributed by atoms with E-state index in [1.807, 2.05) is 19.1 Å². The second kappa shape index (κ2) is 10.5. The summed E-state index contributed by atoms with van der Waals surface area (Å²) < 4.78 is 59.7. The number of nitrogens with zero attached hydrogens (tertiary/aromatic N) is 7. The summed E-state index contributed by atoms with van der Waals surface area (Å²) in [7, 11) is 1.77. The number of nitrogens with one attached hydrogen (secondary N) is 1. The van der Waals surface area contributed by atoms with E-state index < -0.39 is 28.7 Å². The maximum atomic E-state index is 15.7. The van der Waals surface area contributed by atoms with Crippen LogP contribution in [0.4, 0.5) is 23.2 Å². The molecule has 3 atom stereocenters. The summed E-state index contributed by atoms with van der Waals surface area (Å²) in [5.41, 5.74) is 0.327. The number of fused-ring (bicyclic) bond motifs is 6. The van der Waals surface area contributed by atoms with Crippen molar-refractivity contribution in [1.82, 2.24) is 34.1 Å². The summed E-state index contributed by atoms with van der Waals surface area (Å²) in [5.74, 6) is -1.21. The highest BCUT2D eigenvalue weighted by Crippen LogP contribution is 2.57. The summed E-state index contributed by atoms with van der Waals surface area (Å²) in [6.45, 7) is 3.37. The van der Waals surface area contributed by atoms with E-state index in [0.29, 0.717) is 42.5 Å². The third-order valence-corrected chi connectivity index (χ3v) is 9.11. The van der Waals surface area contributed by atoms with E-state index in [-0.39, 0.29) is 40.3 Å². The Morgan fingerprint density at radius 3 is 2.59 bits per heavy atom. The zero-order valence-corrected chi connectivity index (χ0v) is 25.0. The molecule has 1 aromatic carbocycles. The van der Waals surface area contributed by atoms with Crippen molar-refractivity contribution in [3.63, 3.8) is 0 Å². The molecule has 46 heavy (non-hydrogen) atoms. The lowest BCUT2D eigenvalue weighted by atomic mass is 9.97. The maximum absolute atomic E-state index is 15.7. The van der Waals surface area contributed by atoms with E-state index in [2.05, 4.69) is 25.5 Å². The zero-order valence-electron chi connectivity index (χ0n) is 25.0. The van der Waals surface area contributed by atoms with Crippen LogP contribution in [0.1, 0.15) is 43.0 Å². The van der Waals surface area contributed by atoms with Crippen LogP contribution in [0.25, 0.3) is 28.2 Å². The molecule has 1 aliphatic heterocycles. The number of hydrogen-bond acceptors (Lipinski definition) is 6. The highest BCUT2D eigenvalue weighted by atomic mass is 19.4. The third-order valence-electron chi connectivity index (χ3n) is 9.11. The van der Waals surface area contributed by atoms with E-state index in [1.54, 1.807) is 24.1 Å². The number of amides is 1. The second-order valence-corrected chi connectivity index (χ2v) is 12.0. The number of carbonyl (C=O) groups excluding carboxylic acids is 1. The molecule has 2 unspecified atom stereocenters. The van der Waals surface area contributed by atoms with Gasteiger partial charge in [0.2, 0.25) is 5.91 Å². The number of alkyl halides is 3. The van der Waals surface area contributed by atoms with Gasteiger partial charge in [-0.2, -0.15) is 23.4 Å². The molecule has 2 aliphatic rings. The van der Waals surface area contributed by atoms with Gasteiger partial charge in [0.05, 0.1) is 63.8 Å². The average Bonchev–Trinajstić information content (AvgIpc) is 3.31. The fraction of sp³-hybridized carbons (Fsp3) is 0.312. The summed E-state index contributed by atoms with van der Waals surface area (Å²) in [4.78, 5) is 36.2. The first-order valence-electron chi connectivity index (χ1n) is 14.7. The molecule has 5 heterocycles. The fourth-order valence-electron chi connectivity index (χ4n) is 6.46. The first kappa shape index (κ1) is 29.6. The topological polar surface area (TPSA) is 113 Å². The number of carbonyl (C=O) groups is 1. The van der Waals surface area contributed by atoms with Crippen LogP contribution in [0.5, 0.6) is 0 Å². The first-order valence-corrected chi connectivity index (χ1v) is 14.7. The van der Waals surface area contributed by atoms with E-state index in [0.717, 1.165) is 16.4 Å². The molecule has 7 rings (SSSR count). The van der Waals surface area contributed by atoms with Gasteiger partial charge in [-0.25, -0.2) is 14.1 Å². The first-order chi connectivity index (χ1) is 21.9. The molecule has 236 valence electrons. The van der Waals surface area contributed by atoms with Gasteiger partial charge in [0, 0.05) is 37.0 Å². The lowest BCUT2D eigenvalue weighted by molar-refractivity contribution is -0.137. The molecule has 1 saturated carbocycles. The van der Waals surface area contributed by atoms with Gasteiger partial charge >= 0.3 is 6.18 Å². The number of aryl methyl sites for hydroxylation is 2. The standard InChI is InChI=1S/C32H28F4N8O2/c1-17-5-7-24(44-15-21(13-40-44)32(34,35)36)27(28(17)33)22-11-26(45)43(16-38-22)31-12-20(31)6-4-18(2)30(46)41-23-14-39-42(3)29(23)19-8-9-37-25(31)10-19/h5,7-11,13-16,18,20H,4,6,12H2,1-3H3,(H,41,46)/t18-,20?,31?/m1/s1. The number of hydrogen-bond donors (Lipinski definition) is 1. The van der Waals surface area contributed by atoms with Crippen molar-refractivity contribution in [1.29, 1.82) is 0 Å². The summed E-state index contributed by atoms with van der Waals surface area (Å²) in [5, 5.41) is 11.1. The van der Waals surface area contributed by atoms with Gasteiger partial charge in [0.15, 0.2) is 0 Å². The van der Waals surface area contributed by atoms with Crippen molar-refractivity contribution < 1.29 is 22.4 Å². The second-order valence-electron chi connectivity index (χ2n) is 12.0. The summed E-state index contributed by atoms with van der Waals surface area (Å²) in [6.07, 6.45) is 3.13. The van der Waals surface area contributed by atoms with Crippen LogP contribution in [0, 0.1) is 24.6 Å². The Balaban J connectivity index is 1.35. The Morgan fingerprint density at radius 2 is 1.85 bits per heavy atom. The molecule has 10 nitrogen and oxygen atoms in total. The number of aromatic nitrogens is 7. The molecule has 1 N–H and O–H groups in total. The van der Waals surface area contributed by atoms with Crippen LogP contribution in [0.2, 0.25) is 0 Å². The molecule has 1 fully saturated rings. The average molecular weight is 633 g/mol. The van der Waals surface area contributed by atoms with Gasteiger partial charge in [0.1, 0.15) is 5.82 Å². The fourth-order valence-corrected chi connectivity index (χ4v) is 6.46. The van der Waals surface area contributed by atoms with Crippen LogP contribution >= 0.6 is 0 Å². The monoisotopic (exact) mass is 632 g/mol. The molecule has 5 aromatic rings. The van der Waals surface area contributed by atoms with Gasteiger partial charge in [-0.15, -0.1) is 0 Å². The largest absolute Gasteiger partial charge is 0.419 e. The molecule has 2 bridgehead atoms. The zero-order chi connectivity index (χ0) is 32.5. The Labute approximate surface area is 259 Å². The quantitative estimate of drug-likeness (QED) is 0.264. The van der Waals surface area contributed by atoms with Crippen LogP contribution in [0.15, 0.2) is 66.2 Å². The normalized spacial score (nSPS) is 21.1. The van der Waals surface area contributed by atoms with Crippen LogP contribution in [-0.2, 0) is 23.6 Å². The number of halogens is 4. The minimum absolute atomic E-state index is 0.00494. The van der Waals surface area contributed by atoms with Crippen molar-refractivity contribution in [2.45, 2.75) is 44.8 Å². The van der Waals surface area contributed by atoms with E-state index in [4.69, 9.17) is 0 Å². The van der Waals surface area contributed by atoms with Gasteiger partial charge in [-0.05, 0) is 55.9 Å². The van der Waals surface area contributed by atoms with Crippen LogP contribution in [0.3, 0.4) is 0 Å². The molecule has 4 aromatic heterocycles. The number of anilines is 1. The third kappa shape index (κ3) is 4.70. The van der Waals surface area contributed by atoms with Gasteiger partial charge in [-0.1, -0.05) is 13.0 Å². The van der Waals surface area contributed by atoms with E-state index in [9.17, 15) is 22.8 Å². The van der Waals surface area contributed by atoms with Gasteiger partial charge in [0.25, 0.3) is 5.56 Å².